The van der Waals surface area contributed by atoms with E-state index in [1.165, 1.54) is 0 Å². The van der Waals surface area contributed by atoms with Crippen LogP contribution in [-0.4, -0.2) is 38.5 Å². The number of esters is 2. The Balaban J connectivity index is 3.19. The first-order valence-electron chi connectivity index (χ1n) is 5.29. The zero-order valence-corrected chi connectivity index (χ0v) is 10.6. The second kappa shape index (κ2) is 6.60. The molecule has 0 aliphatic carbocycles. The largest absolute Gasteiger partial charge is 0.465 e. The van der Waals surface area contributed by atoms with E-state index in [0.717, 1.165) is 32.4 Å². The molecule has 1 N–H and O–H groups in total. The van der Waals surface area contributed by atoms with E-state index < -0.39 is 24.3 Å². The van der Waals surface area contributed by atoms with E-state index in [1.54, 1.807) is 0 Å². The van der Waals surface area contributed by atoms with Crippen LogP contribution in [0.15, 0.2) is 18.2 Å². The molecule has 0 saturated heterocycles. The monoisotopic (exact) mass is 287 g/mol. The predicted octanol–water partition coefficient (Wildman–Crippen LogP) is 1.46. The number of ether oxygens (including phenoxy) is 2. The second-order valence-electron chi connectivity index (χ2n) is 3.57. The molecule has 0 aliphatic heterocycles. The maximum atomic E-state index is 12.2. The summed E-state index contributed by atoms with van der Waals surface area (Å²) in [6, 6.07) is 3.38. The van der Waals surface area contributed by atoms with Crippen molar-refractivity contribution in [3.05, 3.63) is 29.3 Å². The van der Waals surface area contributed by atoms with Crippen LogP contribution in [0, 0.1) is 0 Å². The SMILES string of the molecule is COC(=O)c1cc(NC(=O)C(F)F)cc(C(=O)OC)c1. The van der Waals surface area contributed by atoms with Gasteiger partial charge in [0.15, 0.2) is 0 Å². The lowest BCUT2D eigenvalue weighted by Crippen LogP contribution is -2.20. The van der Waals surface area contributed by atoms with Gasteiger partial charge in [-0.25, -0.2) is 9.59 Å². The van der Waals surface area contributed by atoms with Gasteiger partial charge < -0.3 is 14.8 Å². The van der Waals surface area contributed by atoms with Gasteiger partial charge in [0.1, 0.15) is 0 Å². The van der Waals surface area contributed by atoms with E-state index in [2.05, 4.69) is 9.47 Å². The van der Waals surface area contributed by atoms with Crippen LogP contribution in [0.2, 0.25) is 0 Å². The molecule has 0 atom stereocenters. The fraction of sp³-hybridized carbons (Fsp3) is 0.250. The number of amides is 1. The number of anilines is 1. The number of hydrogen-bond donors (Lipinski definition) is 1. The van der Waals surface area contributed by atoms with Crippen LogP contribution in [-0.2, 0) is 14.3 Å². The Morgan fingerprint density at radius 3 is 1.80 bits per heavy atom. The molecular weight excluding hydrogens is 276 g/mol. The van der Waals surface area contributed by atoms with Crippen molar-refractivity contribution >= 4 is 23.5 Å². The number of alkyl halides is 2. The number of nitrogens with one attached hydrogen (secondary N) is 1. The number of rotatable bonds is 4. The topological polar surface area (TPSA) is 81.7 Å². The second-order valence-corrected chi connectivity index (χ2v) is 3.57. The average Bonchev–Trinajstić information content (AvgIpc) is 2.44. The molecule has 1 aromatic rings. The Bertz CT molecular complexity index is 510. The molecule has 6 nitrogen and oxygen atoms in total. The third-order valence-corrected chi connectivity index (χ3v) is 2.24. The summed E-state index contributed by atoms with van der Waals surface area (Å²) < 4.78 is 33.3. The maximum absolute atomic E-state index is 12.2. The van der Waals surface area contributed by atoms with Gasteiger partial charge in [0.05, 0.1) is 25.3 Å². The van der Waals surface area contributed by atoms with Crippen molar-refractivity contribution < 1.29 is 32.6 Å². The first-order valence-corrected chi connectivity index (χ1v) is 5.29. The minimum absolute atomic E-state index is 0.0834. The molecular formula is C12H11F2NO5. The van der Waals surface area contributed by atoms with Gasteiger partial charge in [0.2, 0.25) is 0 Å². The lowest BCUT2D eigenvalue weighted by atomic mass is 10.1. The van der Waals surface area contributed by atoms with Crippen LogP contribution in [0.25, 0.3) is 0 Å². The van der Waals surface area contributed by atoms with Crippen molar-refractivity contribution in [3.63, 3.8) is 0 Å². The van der Waals surface area contributed by atoms with E-state index >= 15 is 0 Å². The van der Waals surface area contributed by atoms with Crippen LogP contribution in [0.5, 0.6) is 0 Å². The molecule has 108 valence electrons. The fourth-order valence-electron chi connectivity index (χ4n) is 1.37. The Morgan fingerprint density at radius 2 is 1.45 bits per heavy atom. The summed E-state index contributed by atoms with van der Waals surface area (Å²) in [6.45, 7) is 0. The molecule has 1 aromatic carbocycles. The Labute approximate surface area is 112 Å². The number of carbonyl (C=O) groups excluding carboxylic acids is 3. The first kappa shape index (κ1) is 15.5. The molecule has 0 saturated carbocycles. The summed E-state index contributed by atoms with van der Waals surface area (Å²) in [4.78, 5) is 33.7. The van der Waals surface area contributed by atoms with Gasteiger partial charge >= 0.3 is 18.4 Å². The zero-order valence-electron chi connectivity index (χ0n) is 10.6. The van der Waals surface area contributed by atoms with Gasteiger partial charge in [-0.1, -0.05) is 0 Å². The van der Waals surface area contributed by atoms with Gasteiger partial charge in [-0.15, -0.1) is 0 Å². The van der Waals surface area contributed by atoms with E-state index in [0.29, 0.717) is 0 Å². The van der Waals surface area contributed by atoms with Gasteiger partial charge in [0.25, 0.3) is 5.91 Å². The van der Waals surface area contributed by atoms with Crippen LogP contribution >= 0.6 is 0 Å². The molecule has 1 amide bonds. The van der Waals surface area contributed by atoms with Crippen LogP contribution in [0.4, 0.5) is 14.5 Å². The van der Waals surface area contributed by atoms with E-state index in [-0.39, 0.29) is 16.8 Å². The molecule has 0 radical (unpaired) electrons. The molecule has 0 aliphatic rings. The number of benzene rings is 1. The normalized spacial score (nSPS) is 10.1. The van der Waals surface area contributed by atoms with Crippen molar-refractivity contribution in [2.24, 2.45) is 0 Å². The Kier molecular flexibility index (Phi) is 5.13. The smallest absolute Gasteiger partial charge is 0.337 e. The highest BCUT2D eigenvalue weighted by atomic mass is 19.3. The van der Waals surface area contributed by atoms with Crippen molar-refractivity contribution in [2.45, 2.75) is 6.43 Å². The van der Waals surface area contributed by atoms with Gasteiger partial charge in [-0.3, -0.25) is 4.79 Å². The molecule has 8 heteroatoms. The van der Waals surface area contributed by atoms with Crippen LogP contribution in [0.1, 0.15) is 20.7 Å². The molecule has 0 bridgehead atoms. The lowest BCUT2D eigenvalue weighted by Gasteiger charge is -2.09. The van der Waals surface area contributed by atoms with Crippen molar-refractivity contribution in [3.8, 4) is 0 Å². The molecule has 0 unspecified atom stereocenters. The summed E-state index contributed by atoms with van der Waals surface area (Å²) in [5, 5.41) is 1.88. The van der Waals surface area contributed by atoms with E-state index in [1.807, 2.05) is 5.32 Å². The summed E-state index contributed by atoms with van der Waals surface area (Å²) in [7, 11) is 2.23. The standard InChI is InChI=1S/C12H11F2NO5/c1-19-11(17)6-3-7(12(18)20-2)5-8(4-6)15-10(16)9(13)14/h3-5,9H,1-2H3,(H,15,16). The first-order chi connectivity index (χ1) is 9.38. The third kappa shape index (κ3) is 3.74. The maximum Gasteiger partial charge on any atom is 0.337 e. The van der Waals surface area contributed by atoms with Crippen molar-refractivity contribution in [1.82, 2.24) is 0 Å². The number of carbonyl (C=O) groups is 3. The Morgan fingerprint density at radius 1 is 1.00 bits per heavy atom. The summed E-state index contributed by atoms with van der Waals surface area (Å²) in [5.74, 6) is -3.13. The summed E-state index contributed by atoms with van der Waals surface area (Å²) >= 11 is 0. The quantitative estimate of drug-likeness (QED) is 0.848. The average molecular weight is 287 g/mol. The highest BCUT2D eigenvalue weighted by Gasteiger charge is 2.18. The number of methoxy groups -OCH3 is 2. The van der Waals surface area contributed by atoms with Gasteiger partial charge in [-0.05, 0) is 18.2 Å². The zero-order chi connectivity index (χ0) is 15.3. The van der Waals surface area contributed by atoms with E-state index in [9.17, 15) is 23.2 Å². The van der Waals surface area contributed by atoms with Gasteiger partial charge in [-0.2, -0.15) is 8.78 Å². The minimum atomic E-state index is -3.22. The number of hydrogen-bond acceptors (Lipinski definition) is 5. The number of halogens is 2. The lowest BCUT2D eigenvalue weighted by molar-refractivity contribution is -0.126. The van der Waals surface area contributed by atoms with E-state index in [4.69, 9.17) is 0 Å². The van der Waals surface area contributed by atoms with Gasteiger partial charge in [0, 0.05) is 5.69 Å². The highest BCUT2D eigenvalue weighted by Crippen LogP contribution is 2.17. The summed E-state index contributed by atoms with van der Waals surface area (Å²) in [6.07, 6.45) is -3.22. The highest BCUT2D eigenvalue weighted by molar-refractivity contribution is 6.00. The molecule has 0 aromatic heterocycles. The predicted molar refractivity (Wildman–Crippen MR) is 63.8 cm³/mol. The molecule has 0 spiro atoms. The summed E-state index contributed by atoms with van der Waals surface area (Å²) in [5.41, 5.74) is -0.307. The third-order valence-electron chi connectivity index (χ3n) is 2.24. The Hall–Kier alpha value is -2.51. The van der Waals surface area contributed by atoms with Crippen LogP contribution < -0.4 is 5.32 Å². The van der Waals surface area contributed by atoms with Crippen molar-refractivity contribution in [1.29, 1.82) is 0 Å². The molecule has 20 heavy (non-hydrogen) atoms. The molecule has 1 rings (SSSR count). The van der Waals surface area contributed by atoms with Crippen LogP contribution in [0.3, 0.4) is 0 Å². The fourth-order valence-corrected chi connectivity index (χ4v) is 1.37. The molecule has 0 heterocycles. The molecule has 0 fully saturated rings. The van der Waals surface area contributed by atoms with Crippen molar-refractivity contribution in [2.75, 3.05) is 19.5 Å². The minimum Gasteiger partial charge on any atom is -0.465 e.